The average molecular weight is 801 g/mol. The first-order chi connectivity index (χ1) is 29.1. The first-order valence-electron chi connectivity index (χ1n) is 19.6. The number of pyridine rings is 2. The van der Waals surface area contributed by atoms with E-state index in [4.69, 9.17) is 24.3 Å². The Labute approximate surface area is 344 Å². The highest BCUT2D eigenvalue weighted by atomic mass is 16.7. The van der Waals surface area contributed by atoms with Crippen LogP contribution in [0.3, 0.4) is 0 Å². The number of nitrogens with one attached hydrogen (secondary N) is 2. The summed E-state index contributed by atoms with van der Waals surface area (Å²) in [5.41, 5.74) is 12.4. The van der Waals surface area contributed by atoms with Crippen LogP contribution in [0.4, 0.5) is 9.59 Å². The summed E-state index contributed by atoms with van der Waals surface area (Å²) in [6, 6.07) is 36.5. The van der Waals surface area contributed by atoms with Crippen molar-refractivity contribution in [2.45, 2.75) is 39.5 Å². The fourth-order valence-corrected chi connectivity index (χ4v) is 8.49. The third-order valence-electron chi connectivity index (χ3n) is 11.5. The Morgan fingerprint density at radius 3 is 2.25 bits per heavy atom. The van der Waals surface area contributed by atoms with Crippen LogP contribution in [-0.4, -0.2) is 52.7 Å². The fourth-order valence-electron chi connectivity index (χ4n) is 8.49. The molecular formula is C48H40N4O8. The third-order valence-corrected chi connectivity index (χ3v) is 11.5. The van der Waals surface area contributed by atoms with Gasteiger partial charge in [0.25, 0.3) is 5.56 Å². The zero-order valence-electron chi connectivity index (χ0n) is 32.9. The fraction of sp³-hybridized carbons (Fsp3) is 0.188. The molecule has 0 radical (unpaired) electrons. The molecule has 2 aliphatic rings. The number of ether oxygens (including phenoxy) is 3. The lowest BCUT2D eigenvalue weighted by Gasteiger charge is -2.14. The Bertz CT molecular complexity index is 2890. The standard InChI is InChI=1S/C48H40N4O8/c1-27-19-42-45-38(22-52(42)46(54)39(27)24-60-48(56)57)28(2)44-37-20-32(16-15-31(37)17-18-41(44)51-45)30-13-11-29(12-14-30)23-58-26-50-43(53)21-49-47(55)59-25-40-35-9-5-3-7-33(35)34-8-4-6-10-36(34)40/h3-20,40H,21-26H2,1-2H3,(H,49,55)(H,50,53)(H,56,57). The van der Waals surface area contributed by atoms with Crippen LogP contribution in [0, 0.1) is 13.8 Å². The molecule has 0 saturated carbocycles. The number of benzene rings is 5. The second-order valence-electron chi connectivity index (χ2n) is 15.1. The van der Waals surface area contributed by atoms with Gasteiger partial charge in [-0.25, -0.2) is 14.6 Å². The number of aromatic nitrogens is 2. The minimum atomic E-state index is -1.43. The van der Waals surface area contributed by atoms with Crippen molar-refractivity contribution in [1.82, 2.24) is 20.2 Å². The monoisotopic (exact) mass is 800 g/mol. The minimum absolute atomic E-state index is 0.0264. The van der Waals surface area contributed by atoms with Gasteiger partial charge in [-0.15, -0.1) is 0 Å². The van der Waals surface area contributed by atoms with Gasteiger partial charge in [-0.3, -0.25) is 9.59 Å². The van der Waals surface area contributed by atoms with Gasteiger partial charge >= 0.3 is 12.2 Å². The van der Waals surface area contributed by atoms with Gasteiger partial charge in [0.15, 0.2) is 0 Å². The molecule has 3 N–H and O–H groups in total. The predicted molar refractivity (Wildman–Crippen MR) is 227 cm³/mol. The molecule has 9 rings (SSSR count). The highest BCUT2D eigenvalue weighted by Gasteiger charge is 2.30. The molecule has 60 heavy (non-hydrogen) atoms. The first-order valence-corrected chi connectivity index (χ1v) is 19.6. The molecule has 12 nitrogen and oxygen atoms in total. The van der Waals surface area contributed by atoms with Crippen LogP contribution in [0.25, 0.3) is 55.3 Å². The summed E-state index contributed by atoms with van der Waals surface area (Å²) in [5.74, 6) is -0.467. The van der Waals surface area contributed by atoms with Gasteiger partial charge in [-0.1, -0.05) is 91.0 Å². The van der Waals surface area contributed by atoms with Gasteiger partial charge in [0.1, 0.15) is 26.5 Å². The topological polar surface area (TPSA) is 158 Å². The maximum atomic E-state index is 13.5. The highest BCUT2D eigenvalue weighted by Crippen LogP contribution is 2.44. The summed E-state index contributed by atoms with van der Waals surface area (Å²) in [6.45, 7) is 4.04. The lowest BCUT2D eigenvalue weighted by molar-refractivity contribution is -0.122. The van der Waals surface area contributed by atoms with Gasteiger partial charge in [-0.2, -0.15) is 0 Å². The molecule has 3 heterocycles. The van der Waals surface area contributed by atoms with Gasteiger partial charge in [0, 0.05) is 16.9 Å². The van der Waals surface area contributed by atoms with Crippen LogP contribution in [0.15, 0.2) is 114 Å². The van der Waals surface area contributed by atoms with Gasteiger partial charge in [0.2, 0.25) is 5.91 Å². The first kappa shape index (κ1) is 38.2. The average Bonchev–Trinajstić information content (AvgIpc) is 3.79. The lowest BCUT2D eigenvalue weighted by atomic mass is 9.94. The number of carboxylic acid groups (broad SMARTS) is 1. The number of fused-ring (bicyclic) bond motifs is 9. The van der Waals surface area contributed by atoms with Crippen LogP contribution in [0.5, 0.6) is 0 Å². The van der Waals surface area contributed by atoms with Crippen molar-refractivity contribution >= 4 is 39.8 Å². The molecule has 12 heteroatoms. The Morgan fingerprint density at radius 2 is 1.52 bits per heavy atom. The van der Waals surface area contributed by atoms with Crippen molar-refractivity contribution in [3.05, 3.63) is 158 Å². The molecule has 0 unspecified atom stereocenters. The molecule has 1 aliphatic carbocycles. The molecule has 0 spiro atoms. The van der Waals surface area contributed by atoms with Gasteiger partial charge in [0.05, 0.1) is 35.6 Å². The number of hydrogen-bond acceptors (Lipinski definition) is 8. The maximum Gasteiger partial charge on any atom is 0.506 e. The van der Waals surface area contributed by atoms with Gasteiger partial charge in [-0.05, 0) is 92.9 Å². The Kier molecular flexibility index (Phi) is 10.1. The summed E-state index contributed by atoms with van der Waals surface area (Å²) < 4.78 is 17.6. The Balaban J connectivity index is 0.800. The van der Waals surface area contributed by atoms with Gasteiger partial charge < -0.3 is 34.5 Å². The number of alkyl carbamates (subject to hydrolysis) is 1. The molecule has 0 fully saturated rings. The number of rotatable bonds is 11. The molecule has 0 atom stereocenters. The second-order valence-corrected chi connectivity index (χ2v) is 15.1. The summed E-state index contributed by atoms with van der Waals surface area (Å²) >= 11 is 0. The van der Waals surface area contributed by atoms with Crippen LogP contribution in [0.1, 0.15) is 44.9 Å². The van der Waals surface area contributed by atoms with Crippen LogP contribution < -0.4 is 16.2 Å². The number of nitrogens with zero attached hydrogens (tertiary/aromatic N) is 2. The SMILES string of the molecule is Cc1cc2n(c(=O)c1COC(=O)O)Cc1c-2nc2ccc3ccc(-c4ccc(COCNC(=O)CNC(=O)OCC5c6ccccc6-c6ccccc65)cc4)cc3c2c1C. The Hall–Kier alpha value is -7.31. The van der Waals surface area contributed by atoms with Crippen molar-refractivity contribution in [3.8, 4) is 33.6 Å². The number of aryl methyl sites for hydroxylation is 2. The minimum Gasteiger partial charge on any atom is -0.450 e. The van der Waals surface area contributed by atoms with E-state index in [2.05, 4.69) is 66.1 Å². The summed E-state index contributed by atoms with van der Waals surface area (Å²) in [7, 11) is 0. The number of hydrogen-bond donors (Lipinski definition) is 3. The Morgan fingerprint density at radius 1 is 0.817 bits per heavy atom. The molecule has 2 aromatic heterocycles. The lowest BCUT2D eigenvalue weighted by Crippen LogP contribution is -2.38. The predicted octanol–water partition coefficient (Wildman–Crippen LogP) is 8.19. The molecule has 7 aromatic rings. The van der Waals surface area contributed by atoms with E-state index in [1.807, 2.05) is 60.7 Å². The zero-order chi connectivity index (χ0) is 41.5. The van der Waals surface area contributed by atoms with Crippen molar-refractivity contribution in [3.63, 3.8) is 0 Å². The van der Waals surface area contributed by atoms with E-state index >= 15 is 0 Å². The van der Waals surface area contributed by atoms with E-state index in [-0.39, 0.29) is 44.6 Å². The van der Waals surface area contributed by atoms with E-state index in [0.29, 0.717) is 23.4 Å². The summed E-state index contributed by atoms with van der Waals surface area (Å²) in [4.78, 5) is 54.5. The number of carbonyl (C=O) groups excluding carboxylic acids is 2. The maximum absolute atomic E-state index is 13.5. The summed E-state index contributed by atoms with van der Waals surface area (Å²) in [6.07, 6.45) is -2.09. The molecular weight excluding hydrogens is 761 g/mol. The van der Waals surface area contributed by atoms with E-state index in [9.17, 15) is 19.2 Å². The number of amides is 2. The second kappa shape index (κ2) is 15.8. The van der Waals surface area contributed by atoms with Crippen LogP contribution in [0.2, 0.25) is 0 Å². The van der Waals surface area contributed by atoms with Crippen molar-refractivity contribution in [2.75, 3.05) is 19.9 Å². The quantitative estimate of drug-likeness (QED) is 0.0508. The van der Waals surface area contributed by atoms with Crippen molar-refractivity contribution in [2.24, 2.45) is 0 Å². The van der Waals surface area contributed by atoms with Crippen LogP contribution in [-0.2, 0) is 38.8 Å². The van der Waals surface area contributed by atoms with Crippen molar-refractivity contribution < 1.29 is 33.7 Å². The van der Waals surface area contributed by atoms with Crippen LogP contribution >= 0.6 is 0 Å². The summed E-state index contributed by atoms with van der Waals surface area (Å²) in [5, 5.41) is 17.3. The van der Waals surface area contributed by atoms with Crippen molar-refractivity contribution in [1.29, 1.82) is 0 Å². The van der Waals surface area contributed by atoms with E-state index < -0.39 is 18.2 Å². The third kappa shape index (κ3) is 7.11. The molecule has 5 aromatic carbocycles. The van der Waals surface area contributed by atoms with E-state index in [1.165, 1.54) is 0 Å². The number of carbonyl (C=O) groups is 3. The van der Waals surface area contributed by atoms with E-state index in [0.717, 1.165) is 77.4 Å². The molecule has 300 valence electrons. The smallest absolute Gasteiger partial charge is 0.450 e. The molecule has 0 bridgehead atoms. The van der Waals surface area contributed by atoms with E-state index in [1.54, 1.807) is 11.5 Å². The molecule has 1 aliphatic heterocycles. The molecule has 2 amide bonds. The normalized spacial score (nSPS) is 12.4. The largest absolute Gasteiger partial charge is 0.506 e. The molecule has 0 saturated heterocycles. The zero-order valence-corrected chi connectivity index (χ0v) is 32.9. The highest BCUT2D eigenvalue weighted by molar-refractivity contribution is 6.10.